The molecule has 0 saturated heterocycles. The van der Waals surface area contributed by atoms with Gasteiger partial charge < -0.3 is 0 Å². The maximum absolute atomic E-state index is 12.1. The lowest BCUT2D eigenvalue weighted by atomic mass is 10.0. The fourth-order valence-corrected chi connectivity index (χ4v) is 3.20. The molecule has 3 rings (SSSR count). The van der Waals surface area contributed by atoms with Crippen LogP contribution in [0.4, 0.5) is 5.69 Å². The molecule has 112 valence electrons. The van der Waals surface area contributed by atoms with Crippen LogP contribution in [-0.2, 0) is 4.79 Å². The van der Waals surface area contributed by atoms with Crippen LogP contribution >= 0.6 is 0 Å². The molecule has 0 unspecified atom stereocenters. The Bertz CT molecular complexity index is 542. The number of carbonyl (C=O) groups excluding carboxylic acids is 1. The van der Waals surface area contributed by atoms with Gasteiger partial charge in [-0.2, -0.15) is 4.90 Å². The smallest absolute Gasteiger partial charge is 0.266 e. The predicted molar refractivity (Wildman–Crippen MR) is 84.1 cm³/mol. The molecule has 21 heavy (non-hydrogen) atoms. The van der Waals surface area contributed by atoms with Crippen LogP contribution in [0, 0.1) is 0 Å². The van der Waals surface area contributed by atoms with E-state index in [9.17, 15) is 4.79 Å². The van der Waals surface area contributed by atoms with Crippen molar-refractivity contribution < 1.29 is 9.79 Å². The number of nitrogens with zero attached hydrogens (tertiary/aromatic N) is 1. The quantitative estimate of drug-likeness (QED) is 0.883. The first kappa shape index (κ1) is 14.1. The summed E-state index contributed by atoms with van der Waals surface area (Å²) in [7, 11) is 0. The van der Waals surface area contributed by atoms with Crippen molar-refractivity contribution in [3.05, 3.63) is 29.8 Å². The first-order chi connectivity index (χ1) is 10.1. The number of benzene rings is 1. The van der Waals surface area contributed by atoms with Crippen molar-refractivity contribution in [2.45, 2.75) is 51.5 Å². The van der Waals surface area contributed by atoms with Crippen LogP contribution in [0.15, 0.2) is 24.3 Å². The molecule has 1 aromatic carbocycles. The van der Waals surface area contributed by atoms with Crippen molar-refractivity contribution in [1.29, 1.82) is 0 Å². The lowest BCUT2D eigenvalue weighted by Gasteiger charge is -2.18. The SMILES string of the molecule is CC(C)c1ccc(NC2=[NH+]CC(=O)N2C2CCCC2)cc1. The van der Waals surface area contributed by atoms with Gasteiger partial charge in [-0.25, -0.2) is 5.32 Å². The average Bonchev–Trinajstić information content (AvgIpc) is 3.09. The molecule has 4 nitrogen and oxygen atoms in total. The maximum atomic E-state index is 12.1. The number of amides is 1. The van der Waals surface area contributed by atoms with E-state index >= 15 is 0 Å². The molecule has 1 aliphatic heterocycles. The van der Waals surface area contributed by atoms with E-state index in [1.54, 1.807) is 0 Å². The number of nitrogens with one attached hydrogen (secondary N) is 2. The predicted octanol–water partition coefficient (Wildman–Crippen LogP) is 1.44. The van der Waals surface area contributed by atoms with Crippen molar-refractivity contribution in [2.75, 3.05) is 11.9 Å². The number of carbonyl (C=O) groups is 1. The van der Waals surface area contributed by atoms with Crippen molar-refractivity contribution in [3.63, 3.8) is 0 Å². The van der Waals surface area contributed by atoms with Crippen LogP contribution < -0.4 is 10.3 Å². The molecule has 0 aromatic heterocycles. The normalized spacial score (nSPS) is 19.5. The Morgan fingerprint density at radius 3 is 2.48 bits per heavy atom. The van der Waals surface area contributed by atoms with Crippen molar-refractivity contribution in [1.82, 2.24) is 4.90 Å². The van der Waals surface area contributed by atoms with E-state index in [1.165, 1.54) is 18.4 Å². The number of anilines is 1. The van der Waals surface area contributed by atoms with Gasteiger partial charge in [-0.3, -0.25) is 9.79 Å². The Hall–Kier alpha value is -1.84. The first-order valence-electron chi connectivity index (χ1n) is 7.95. The summed E-state index contributed by atoms with van der Waals surface area (Å²) in [4.78, 5) is 17.2. The molecule has 2 N–H and O–H groups in total. The van der Waals surface area contributed by atoms with E-state index in [2.05, 4.69) is 48.4 Å². The van der Waals surface area contributed by atoms with E-state index < -0.39 is 0 Å². The lowest BCUT2D eigenvalue weighted by Crippen LogP contribution is -2.73. The summed E-state index contributed by atoms with van der Waals surface area (Å²) in [5, 5.41) is 3.38. The number of guanidine groups is 1. The van der Waals surface area contributed by atoms with Crippen LogP contribution in [0.5, 0.6) is 0 Å². The summed E-state index contributed by atoms with van der Waals surface area (Å²) < 4.78 is 0. The van der Waals surface area contributed by atoms with E-state index in [1.807, 2.05) is 4.90 Å². The third kappa shape index (κ3) is 2.94. The zero-order valence-electron chi connectivity index (χ0n) is 12.9. The third-order valence-electron chi connectivity index (χ3n) is 4.45. The monoisotopic (exact) mass is 286 g/mol. The van der Waals surface area contributed by atoms with Crippen LogP contribution in [0.1, 0.15) is 51.0 Å². The second-order valence-corrected chi connectivity index (χ2v) is 6.31. The largest absolute Gasteiger partial charge is 0.358 e. The standard InChI is InChI=1S/C17H23N3O/c1-12(2)13-7-9-14(10-8-13)19-17-18-11-16(21)20(17)15-5-3-4-6-15/h7-10,12,15H,3-6,11H2,1-2H3,(H,18,19)/p+1. The molecule has 1 aromatic rings. The zero-order valence-corrected chi connectivity index (χ0v) is 12.9. The topological polar surface area (TPSA) is 46.3 Å². The van der Waals surface area contributed by atoms with Gasteiger partial charge in [-0.1, -0.05) is 26.0 Å². The fourth-order valence-electron chi connectivity index (χ4n) is 3.20. The minimum atomic E-state index is 0.184. The highest BCUT2D eigenvalue weighted by atomic mass is 16.2. The molecule has 0 atom stereocenters. The van der Waals surface area contributed by atoms with Crippen LogP contribution in [-0.4, -0.2) is 29.4 Å². The summed E-state index contributed by atoms with van der Waals surface area (Å²) >= 11 is 0. The Morgan fingerprint density at radius 1 is 1.19 bits per heavy atom. The second kappa shape index (κ2) is 5.88. The molecule has 1 fully saturated rings. The number of hydrogen-bond acceptors (Lipinski definition) is 2. The van der Waals surface area contributed by atoms with Gasteiger partial charge in [0.25, 0.3) is 0 Å². The van der Waals surface area contributed by atoms with Gasteiger partial charge in [-0.15, -0.1) is 0 Å². The van der Waals surface area contributed by atoms with Crippen LogP contribution in [0.3, 0.4) is 0 Å². The Labute approximate surface area is 126 Å². The molecule has 0 bridgehead atoms. The second-order valence-electron chi connectivity index (χ2n) is 6.31. The summed E-state index contributed by atoms with van der Waals surface area (Å²) in [6, 6.07) is 8.82. The molecule has 1 aliphatic carbocycles. The van der Waals surface area contributed by atoms with Gasteiger partial charge in [0.15, 0.2) is 6.54 Å². The van der Waals surface area contributed by atoms with Gasteiger partial charge in [0.2, 0.25) is 0 Å². The Balaban J connectivity index is 1.72. The highest BCUT2D eigenvalue weighted by molar-refractivity contribution is 6.04. The lowest BCUT2D eigenvalue weighted by molar-refractivity contribution is -0.438. The summed E-state index contributed by atoms with van der Waals surface area (Å²) in [5.41, 5.74) is 2.35. The highest BCUT2D eigenvalue weighted by Crippen LogP contribution is 2.24. The van der Waals surface area contributed by atoms with Gasteiger partial charge in [0, 0.05) is 0 Å². The maximum Gasteiger partial charge on any atom is 0.358 e. The molecule has 1 amide bonds. The van der Waals surface area contributed by atoms with Crippen molar-refractivity contribution in [2.24, 2.45) is 0 Å². The molecule has 2 aliphatic rings. The molecule has 0 spiro atoms. The summed E-state index contributed by atoms with van der Waals surface area (Å²) in [6.45, 7) is 4.79. The van der Waals surface area contributed by atoms with E-state index in [4.69, 9.17) is 0 Å². The Morgan fingerprint density at radius 2 is 1.86 bits per heavy atom. The van der Waals surface area contributed by atoms with Crippen molar-refractivity contribution >= 4 is 17.6 Å². The van der Waals surface area contributed by atoms with Crippen LogP contribution in [0.25, 0.3) is 0 Å². The molecule has 4 heteroatoms. The minimum Gasteiger partial charge on any atom is -0.266 e. The summed E-state index contributed by atoms with van der Waals surface area (Å²) in [5.74, 6) is 1.57. The fraction of sp³-hybridized carbons (Fsp3) is 0.529. The van der Waals surface area contributed by atoms with Gasteiger partial charge >= 0.3 is 11.9 Å². The van der Waals surface area contributed by atoms with Gasteiger partial charge in [-0.05, 0) is 49.3 Å². The number of hydrogen-bond donors (Lipinski definition) is 2. The molecule has 0 radical (unpaired) electrons. The van der Waals surface area contributed by atoms with E-state index in [0.29, 0.717) is 18.5 Å². The molecular weight excluding hydrogens is 262 g/mol. The summed E-state index contributed by atoms with van der Waals surface area (Å²) in [6.07, 6.45) is 4.69. The Kier molecular flexibility index (Phi) is 3.95. The van der Waals surface area contributed by atoms with E-state index in [-0.39, 0.29) is 5.91 Å². The minimum absolute atomic E-state index is 0.184. The van der Waals surface area contributed by atoms with Gasteiger partial charge in [0.1, 0.15) is 0 Å². The molecule has 1 saturated carbocycles. The van der Waals surface area contributed by atoms with E-state index in [0.717, 1.165) is 24.5 Å². The average molecular weight is 286 g/mol. The zero-order chi connectivity index (χ0) is 14.8. The molecule has 1 heterocycles. The van der Waals surface area contributed by atoms with Gasteiger partial charge in [0.05, 0.1) is 11.7 Å². The van der Waals surface area contributed by atoms with Crippen molar-refractivity contribution in [3.8, 4) is 0 Å². The molecular formula is C17H24N3O+. The highest BCUT2D eigenvalue weighted by Gasteiger charge is 2.40. The van der Waals surface area contributed by atoms with Crippen LogP contribution in [0.2, 0.25) is 0 Å². The first-order valence-corrected chi connectivity index (χ1v) is 7.95. The number of rotatable bonds is 3. The third-order valence-corrected chi connectivity index (χ3v) is 4.45.